The van der Waals surface area contributed by atoms with Gasteiger partial charge < -0.3 is 5.11 Å². The quantitative estimate of drug-likeness (QED) is 0.593. The highest BCUT2D eigenvalue weighted by Crippen LogP contribution is 2.61. The molecule has 0 spiro atoms. The van der Waals surface area contributed by atoms with Gasteiger partial charge in [0.05, 0.1) is 0 Å². The van der Waals surface area contributed by atoms with Crippen molar-refractivity contribution in [2.24, 2.45) is 17.3 Å². The van der Waals surface area contributed by atoms with Crippen molar-refractivity contribution in [3.8, 4) is 0 Å². The van der Waals surface area contributed by atoms with Gasteiger partial charge in [-0.25, -0.2) is 4.79 Å². The topological polar surface area (TPSA) is 37.3 Å². The highest BCUT2D eigenvalue weighted by molar-refractivity contribution is 5.85. The Morgan fingerprint density at radius 2 is 2.35 bits per heavy atom. The first-order valence-corrected chi connectivity index (χ1v) is 6.52. The van der Waals surface area contributed by atoms with Crippen molar-refractivity contribution in [3.63, 3.8) is 0 Å². The molecular weight excluding hydrogens is 212 g/mol. The molecule has 3 atom stereocenters. The number of fused-ring (bicyclic) bond motifs is 1. The molecule has 0 unspecified atom stereocenters. The first-order chi connectivity index (χ1) is 7.95. The van der Waals surface area contributed by atoms with E-state index >= 15 is 0 Å². The van der Waals surface area contributed by atoms with E-state index in [1.54, 1.807) is 12.5 Å². The second kappa shape index (κ2) is 4.32. The normalized spacial score (nSPS) is 36.2. The van der Waals surface area contributed by atoms with Crippen molar-refractivity contribution in [2.45, 2.75) is 46.5 Å². The Kier molecular flexibility index (Phi) is 3.15. The van der Waals surface area contributed by atoms with Gasteiger partial charge in [-0.05, 0) is 56.8 Å². The predicted molar refractivity (Wildman–Crippen MR) is 68.7 cm³/mol. The van der Waals surface area contributed by atoms with E-state index in [-0.39, 0.29) is 0 Å². The lowest BCUT2D eigenvalue weighted by atomic mass is 9.47. The van der Waals surface area contributed by atoms with E-state index in [1.165, 1.54) is 12.8 Å². The Morgan fingerprint density at radius 1 is 1.65 bits per heavy atom. The van der Waals surface area contributed by atoms with Gasteiger partial charge in [0.15, 0.2) is 0 Å². The van der Waals surface area contributed by atoms with Crippen molar-refractivity contribution < 1.29 is 9.90 Å². The number of hydrogen-bond acceptors (Lipinski definition) is 1. The van der Waals surface area contributed by atoms with E-state index in [0.717, 1.165) is 24.7 Å². The van der Waals surface area contributed by atoms with Crippen LogP contribution in [0.3, 0.4) is 0 Å². The van der Waals surface area contributed by atoms with E-state index in [0.29, 0.717) is 11.0 Å². The molecule has 0 aromatic carbocycles. The van der Waals surface area contributed by atoms with Crippen LogP contribution in [0.5, 0.6) is 0 Å². The largest absolute Gasteiger partial charge is 0.478 e. The monoisotopic (exact) mass is 234 g/mol. The molecule has 1 fully saturated rings. The average molecular weight is 234 g/mol. The fourth-order valence-electron chi connectivity index (χ4n) is 3.55. The minimum absolute atomic E-state index is 0.425. The van der Waals surface area contributed by atoms with Crippen molar-refractivity contribution in [3.05, 3.63) is 23.3 Å². The third-order valence-corrected chi connectivity index (χ3v) is 4.99. The van der Waals surface area contributed by atoms with E-state index in [4.69, 9.17) is 5.11 Å². The summed E-state index contributed by atoms with van der Waals surface area (Å²) >= 11 is 0. The molecule has 0 saturated heterocycles. The molecular formula is C15H22O2. The molecule has 17 heavy (non-hydrogen) atoms. The molecule has 2 nitrogen and oxygen atoms in total. The summed E-state index contributed by atoms with van der Waals surface area (Å²) in [4.78, 5) is 10.7. The summed E-state index contributed by atoms with van der Waals surface area (Å²) in [5.41, 5.74) is 2.45. The second-order valence-corrected chi connectivity index (χ2v) is 5.91. The van der Waals surface area contributed by atoms with Gasteiger partial charge in [-0.3, -0.25) is 0 Å². The van der Waals surface area contributed by atoms with Crippen LogP contribution in [0.2, 0.25) is 0 Å². The highest BCUT2D eigenvalue weighted by Gasteiger charge is 2.52. The van der Waals surface area contributed by atoms with Crippen LogP contribution < -0.4 is 0 Å². The van der Waals surface area contributed by atoms with Crippen LogP contribution in [0, 0.1) is 17.3 Å². The lowest BCUT2D eigenvalue weighted by molar-refractivity contribution is -0.132. The molecule has 1 N–H and O–H groups in total. The molecule has 3 aliphatic carbocycles. The molecule has 3 rings (SSSR count). The van der Waals surface area contributed by atoms with Gasteiger partial charge in [0.2, 0.25) is 0 Å². The molecule has 0 radical (unpaired) electrons. The van der Waals surface area contributed by atoms with Crippen molar-refractivity contribution >= 4 is 5.97 Å². The summed E-state index contributed by atoms with van der Waals surface area (Å²) in [7, 11) is 0. The maximum Gasteiger partial charge on any atom is 0.330 e. The Balaban J connectivity index is 1.95. The predicted octanol–water partition coefficient (Wildman–Crippen LogP) is 3.79. The van der Waals surface area contributed by atoms with Gasteiger partial charge in [0.1, 0.15) is 0 Å². The first kappa shape index (κ1) is 12.4. The zero-order valence-electron chi connectivity index (χ0n) is 11.0. The van der Waals surface area contributed by atoms with Crippen molar-refractivity contribution in [1.29, 1.82) is 0 Å². The van der Waals surface area contributed by atoms with Gasteiger partial charge >= 0.3 is 5.97 Å². The zero-order chi connectivity index (χ0) is 12.6. The number of carboxylic acids is 1. The second-order valence-electron chi connectivity index (χ2n) is 5.91. The number of hydrogen-bond donors (Lipinski definition) is 1. The third-order valence-electron chi connectivity index (χ3n) is 4.99. The molecule has 0 amide bonds. The van der Waals surface area contributed by atoms with Crippen LogP contribution in [0.4, 0.5) is 0 Å². The average Bonchev–Trinajstić information content (AvgIpc) is 2.27. The fraction of sp³-hybridized carbons (Fsp3) is 0.667. The number of aliphatic carboxylic acids is 1. The maximum atomic E-state index is 10.7. The first-order valence-electron chi connectivity index (χ1n) is 6.52. The van der Waals surface area contributed by atoms with Crippen LogP contribution in [0.25, 0.3) is 0 Å². The van der Waals surface area contributed by atoms with E-state index < -0.39 is 5.97 Å². The number of rotatable bonds is 4. The van der Waals surface area contributed by atoms with E-state index in [1.807, 2.05) is 6.08 Å². The van der Waals surface area contributed by atoms with E-state index in [2.05, 4.69) is 19.9 Å². The smallest absolute Gasteiger partial charge is 0.330 e. The van der Waals surface area contributed by atoms with Crippen LogP contribution >= 0.6 is 0 Å². The third kappa shape index (κ3) is 2.05. The Labute approximate surface area is 103 Å². The molecule has 3 aliphatic rings. The standard InChI is InChI=1S/C15H22O2/c1-10-6-7-12-9-13(10)15(12,3)8-4-5-11(2)14(16)17/h5-6,12-13H,4,7-9H2,1-3H3,(H,16,17)/b11-5+/t12-,13-,15-/m1/s1. The van der Waals surface area contributed by atoms with Crippen LogP contribution in [0.15, 0.2) is 23.3 Å². The summed E-state index contributed by atoms with van der Waals surface area (Å²) in [5, 5.41) is 8.81. The van der Waals surface area contributed by atoms with Crippen LogP contribution in [-0.2, 0) is 4.79 Å². The molecule has 94 valence electrons. The Hall–Kier alpha value is -1.05. The molecule has 0 aromatic rings. The number of allylic oxidation sites excluding steroid dienone is 3. The van der Waals surface area contributed by atoms with Gasteiger partial charge in [-0.1, -0.05) is 24.6 Å². The van der Waals surface area contributed by atoms with E-state index in [9.17, 15) is 4.79 Å². The van der Waals surface area contributed by atoms with Gasteiger partial charge in [-0.15, -0.1) is 0 Å². The lowest BCUT2D eigenvalue weighted by Gasteiger charge is -2.58. The molecule has 0 aliphatic heterocycles. The number of carbonyl (C=O) groups is 1. The lowest BCUT2D eigenvalue weighted by Crippen LogP contribution is -2.49. The Bertz CT molecular complexity index is 392. The summed E-state index contributed by atoms with van der Waals surface area (Å²) in [6.07, 6.45) is 8.85. The summed E-state index contributed by atoms with van der Waals surface area (Å²) in [6, 6.07) is 0. The molecule has 1 saturated carbocycles. The van der Waals surface area contributed by atoms with Gasteiger partial charge in [-0.2, -0.15) is 0 Å². The minimum atomic E-state index is -0.792. The molecule has 0 aromatic heterocycles. The highest BCUT2D eigenvalue weighted by atomic mass is 16.4. The van der Waals surface area contributed by atoms with Crippen LogP contribution in [-0.4, -0.2) is 11.1 Å². The van der Waals surface area contributed by atoms with Gasteiger partial charge in [0, 0.05) is 5.57 Å². The zero-order valence-corrected chi connectivity index (χ0v) is 11.0. The minimum Gasteiger partial charge on any atom is -0.478 e. The van der Waals surface area contributed by atoms with Crippen molar-refractivity contribution in [2.75, 3.05) is 0 Å². The molecule has 0 heterocycles. The van der Waals surface area contributed by atoms with Crippen molar-refractivity contribution in [1.82, 2.24) is 0 Å². The fourth-order valence-corrected chi connectivity index (χ4v) is 3.55. The summed E-state index contributed by atoms with van der Waals surface area (Å²) in [6.45, 7) is 6.31. The number of carboxylic acid groups (broad SMARTS) is 1. The summed E-state index contributed by atoms with van der Waals surface area (Å²) in [5.74, 6) is 0.787. The van der Waals surface area contributed by atoms with Gasteiger partial charge in [0.25, 0.3) is 0 Å². The Morgan fingerprint density at radius 3 is 2.88 bits per heavy atom. The van der Waals surface area contributed by atoms with Crippen LogP contribution in [0.1, 0.15) is 46.5 Å². The molecule has 2 bridgehead atoms. The SMILES string of the molecule is CC1=CC[C@@H]2C[C@H]1[C@]2(C)CC/C=C(\C)C(=O)O. The molecule has 2 heteroatoms. The summed E-state index contributed by atoms with van der Waals surface area (Å²) < 4.78 is 0. The maximum absolute atomic E-state index is 10.7.